The molecule has 0 saturated heterocycles. The summed E-state index contributed by atoms with van der Waals surface area (Å²) in [5, 5.41) is 0. The molecule has 0 aromatic rings. The summed E-state index contributed by atoms with van der Waals surface area (Å²) in [5.41, 5.74) is 0. The minimum absolute atomic E-state index is 0.0121. The zero-order chi connectivity index (χ0) is 54.2. The van der Waals surface area contributed by atoms with Crippen LogP contribution < -0.4 is 0 Å². The van der Waals surface area contributed by atoms with Crippen LogP contribution in [0.4, 0.5) is 0 Å². The summed E-state index contributed by atoms with van der Waals surface area (Å²) in [6.07, 6.45) is 79.3. The van der Waals surface area contributed by atoms with Gasteiger partial charge in [0, 0.05) is 12.8 Å². The van der Waals surface area contributed by atoms with E-state index >= 15 is 0 Å². The molecular formula is C64H105NO8P+. The molecule has 74 heavy (non-hydrogen) atoms. The van der Waals surface area contributed by atoms with Gasteiger partial charge in [-0.25, -0.2) is 4.57 Å². The highest BCUT2D eigenvalue weighted by atomic mass is 31.2. The molecule has 1 N–H and O–H groups in total. The topological polar surface area (TPSA) is 108 Å². The van der Waals surface area contributed by atoms with E-state index in [9.17, 15) is 19.0 Å². The molecule has 0 rings (SSSR count). The average Bonchev–Trinajstić information content (AvgIpc) is 3.36. The molecule has 0 heterocycles. The van der Waals surface area contributed by atoms with Crippen LogP contribution in [0.25, 0.3) is 0 Å². The number of hydrogen-bond donors (Lipinski definition) is 1. The predicted octanol–water partition coefficient (Wildman–Crippen LogP) is 17.9. The fourth-order valence-corrected chi connectivity index (χ4v) is 7.78. The van der Waals surface area contributed by atoms with Crippen molar-refractivity contribution in [3.63, 3.8) is 0 Å². The highest BCUT2D eigenvalue weighted by Gasteiger charge is 2.27. The number of likely N-dealkylation sites (N-methyl/N-ethyl adjacent to an activating group) is 1. The molecule has 0 aromatic carbocycles. The first kappa shape index (κ1) is 69.9. The van der Waals surface area contributed by atoms with Gasteiger partial charge in [-0.1, -0.05) is 224 Å². The van der Waals surface area contributed by atoms with E-state index in [0.29, 0.717) is 23.9 Å². The summed E-state index contributed by atoms with van der Waals surface area (Å²) in [5.74, 6) is -0.909. The maximum atomic E-state index is 12.8. The second-order valence-corrected chi connectivity index (χ2v) is 21.0. The van der Waals surface area contributed by atoms with Crippen LogP contribution in [0.1, 0.15) is 194 Å². The van der Waals surface area contributed by atoms with E-state index in [1.54, 1.807) is 0 Å². The van der Waals surface area contributed by atoms with Crippen molar-refractivity contribution in [2.24, 2.45) is 0 Å². The number of rotatable bonds is 50. The first-order valence-electron chi connectivity index (χ1n) is 28.6. The minimum atomic E-state index is -4.41. The van der Waals surface area contributed by atoms with Crippen molar-refractivity contribution < 1.29 is 42.1 Å². The number of phosphoric ester groups is 1. The van der Waals surface area contributed by atoms with Crippen LogP contribution in [0.15, 0.2) is 146 Å². The molecular weight excluding hydrogens is 942 g/mol. The molecule has 418 valence electrons. The van der Waals surface area contributed by atoms with Crippen molar-refractivity contribution in [2.45, 2.75) is 200 Å². The van der Waals surface area contributed by atoms with Gasteiger partial charge in [-0.3, -0.25) is 18.6 Å². The molecule has 0 fully saturated rings. The van der Waals surface area contributed by atoms with E-state index in [-0.39, 0.29) is 26.1 Å². The van der Waals surface area contributed by atoms with Crippen molar-refractivity contribution >= 4 is 19.8 Å². The van der Waals surface area contributed by atoms with Crippen LogP contribution in [-0.4, -0.2) is 74.9 Å². The number of allylic oxidation sites excluding steroid dienone is 24. The Bertz CT molecular complexity index is 1760. The summed E-state index contributed by atoms with van der Waals surface area (Å²) < 4.78 is 34.4. The molecule has 0 bridgehead atoms. The highest BCUT2D eigenvalue weighted by molar-refractivity contribution is 7.47. The summed E-state index contributed by atoms with van der Waals surface area (Å²) in [7, 11) is 1.42. The lowest BCUT2D eigenvalue weighted by Crippen LogP contribution is -2.37. The zero-order valence-electron chi connectivity index (χ0n) is 47.3. The van der Waals surface area contributed by atoms with Gasteiger partial charge in [0.2, 0.25) is 0 Å². The number of carbonyl (C=O) groups excluding carboxylic acids is 2. The number of quaternary nitrogens is 1. The third kappa shape index (κ3) is 57.2. The second-order valence-electron chi connectivity index (χ2n) is 19.6. The van der Waals surface area contributed by atoms with Crippen LogP contribution in [0.5, 0.6) is 0 Å². The Kier molecular flexibility index (Phi) is 50.7. The number of phosphoric acid groups is 1. The van der Waals surface area contributed by atoms with Crippen LogP contribution in [0.2, 0.25) is 0 Å². The van der Waals surface area contributed by atoms with E-state index in [0.717, 1.165) is 96.3 Å². The van der Waals surface area contributed by atoms with Gasteiger partial charge in [-0.05, 0) is 103 Å². The first-order valence-corrected chi connectivity index (χ1v) is 30.1. The van der Waals surface area contributed by atoms with Crippen LogP contribution in [-0.2, 0) is 32.7 Å². The number of ether oxygens (including phenoxy) is 2. The smallest absolute Gasteiger partial charge is 0.462 e. The quantitative estimate of drug-likeness (QED) is 0.0211. The molecule has 0 amide bonds. The molecule has 0 radical (unpaired) electrons. The molecule has 2 unspecified atom stereocenters. The number of unbranched alkanes of at least 4 members (excludes halogenated alkanes) is 12. The lowest BCUT2D eigenvalue weighted by atomic mass is 10.0. The molecule has 0 saturated carbocycles. The second kappa shape index (κ2) is 53.7. The predicted molar refractivity (Wildman–Crippen MR) is 316 cm³/mol. The Morgan fingerprint density at radius 1 is 0.419 bits per heavy atom. The lowest BCUT2D eigenvalue weighted by molar-refractivity contribution is -0.870. The molecule has 0 aliphatic carbocycles. The molecule has 9 nitrogen and oxygen atoms in total. The number of carbonyl (C=O) groups is 2. The first-order chi connectivity index (χ1) is 36.0. The number of esters is 2. The van der Waals surface area contributed by atoms with Gasteiger partial charge in [0.1, 0.15) is 19.8 Å². The Labute approximate surface area is 453 Å². The maximum Gasteiger partial charge on any atom is 0.472 e. The van der Waals surface area contributed by atoms with Gasteiger partial charge < -0.3 is 18.9 Å². The molecule has 0 aliphatic heterocycles. The van der Waals surface area contributed by atoms with E-state index < -0.39 is 32.5 Å². The van der Waals surface area contributed by atoms with E-state index in [2.05, 4.69) is 148 Å². The van der Waals surface area contributed by atoms with Crippen LogP contribution >= 0.6 is 7.82 Å². The van der Waals surface area contributed by atoms with Crippen molar-refractivity contribution in [1.82, 2.24) is 0 Å². The Morgan fingerprint density at radius 3 is 1.14 bits per heavy atom. The third-order valence-corrected chi connectivity index (χ3v) is 12.4. The zero-order valence-corrected chi connectivity index (χ0v) is 48.2. The summed E-state index contributed by atoms with van der Waals surface area (Å²) in [6.45, 7) is 4.09. The maximum absolute atomic E-state index is 12.8. The molecule has 2 atom stereocenters. The van der Waals surface area contributed by atoms with Crippen molar-refractivity contribution in [2.75, 3.05) is 47.5 Å². The van der Waals surface area contributed by atoms with E-state index in [1.807, 2.05) is 33.3 Å². The average molecular weight is 1050 g/mol. The fourth-order valence-electron chi connectivity index (χ4n) is 7.04. The Hall–Kier alpha value is -4.11. The van der Waals surface area contributed by atoms with Crippen molar-refractivity contribution in [3.8, 4) is 0 Å². The number of nitrogens with zero attached hydrogens (tertiary/aromatic N) is 1. The molecule has 0 aliphatic rings. The van der Waals surface area contributed by atoms with Crippen molar-refractivity contribution in [3.05, 3.63) is 146 Å². The minimum Gasteiger partial charge on any atom is -0.462 e. The Balaban J connectivity index is 4.26. The normalized spacial score (nSPS) is 14.4. The standard InChI is InChI=1S/C64H104NO8P/c1-6-8-10-12-14-16-18-20-22-24-26-27-28-29-30-31-32-33-34-35-36-37-39-41-43-45-47-49-51-53-55-57-64(67)73-62(61-72-74(68,69)71-59-58-65(3,4)5)60-70-63(66)56-54-52-50-48-46-44-42-40-38-25-23-21-19-17-15-13-11-9-7-2/h8-11,14-17,20-23,26-27,29-30,32-33,38,40,44,46,50,52,62H,6-7,12-13,18-19,24-25,28,31,34-37,39,41-43,45,47-49,51,53-61H2,1-5H3/p+1/b10-8-,11-9-,16-14-,17-15-,22-20-,23-21-,27-26-,30-29-,33-32-,40-38-,46-44-,52-50-. The summed E-state index contributed by atoms with van der Waals surface area (Å²) in [6, 6.07) is 0. The largest absolute Gasteiger partial charge is 0.472 e. The van der Waals surface area contributed by atoms with Crippen LogP contribution in [0.3, 0.4) is 0 Å². The van der Waals surface area contributed by atoms with Crippen molar-refractivity contribution in [1.29, 1.82) is 0 Å². The van der Waals surface area contributed by atoms with E-state index in [4.69, 9.17) is 18.5 Å². The van der Waals surface area contributed by atoms with E-state index in [1.165, 1.54) is 57.8 Å². The summed E-state index contributed by atoms with van der Waals surface area (Å²) >= 11 is 0. The van der Waals surface area contributed by atoms with Gasteiger partial charge in [0.15, 0.2) is 6.10 Å². The molecule has 0 aromatic heterocycles. The third-order valence-electron chi connectivity index (χ3n) is 11.4. The molecule has 10 heteroatoms. The number of hydrogen-bond acceptors (Lipinski definition) is 7. The van der Waals surface area contributed by atoms with Gasteiger partial charge >= 0.3 is 19.8 Å². The highest BCUT2D eigenvalue weighted by Crippen LogP contribution is 2.43. The van der Waals surface area contributed by atoms with Crippen LogP contribution in [0, 0.1) is 0 Å². The van der Waals surface area contributed by atoms with Gasteiger partial charge in [0.25, 0.3) is 0 Å². The summed E-state index contributed by atoms with van der Waals surface area (Å²) in [4.78, 5) is 35.6. The van der Waals surface area contributed by atoms with Gasteiger partial charge in [-0.15, -0.1) is 0 Å². The monoisotopic (exact) mass is 1050 g/mol. The fraction of sp³-hybridized carbons (Fsp3) is 0.594. The van der Waals surface area contributed by atoms with Gasteiger partial charge in [0.05, 0.1) is 27.7 Å². The lowest BCUT2D eigenvalue weighted by Gasteiger charge is -2.24. The molecule has 0 spiro atoms. The van der Waals surface area contributed by atoms with Gasteiger partial charge in [-0.2, -0.15) is 0 Å². The SMILES string of the molecule is CC/C=C\C/C=C\C/C=C\C/C=C\C/C=C\C/C=C\CCCCCCCCCCCCCCC(=O)OC(COC(=O)CC/C=C\C/C=C\C/C=C\C/C=C\C/C=C\C/C=C\CC)COP(=O)(O)OCC[N+](C)(C)C. The Morgan fingerprint density at radius 2 is 0.757 bits per heavy atom.